The zero-order valence-electron chi connectivity index (χ0n) is 12.5. The largest absolute Gasteiger partial charge is 0.494 e. The van der Waals surface area contributed by atoms with E-state index in [2.05, 4.69) is 24.8 Å². The van der Waals surface area contributed by atoms with E-state index in [1.807, 2.05) is 12.1 Å². The third-order valence-electron chi connectivity index (χ3n) is 3.05. The second-order valence-corrected chi connectivity index (χ2v) is 5.28. The van der Waals surface area contributed by atoms with E-state index >= 15 is 0 Å². The van der Waals surface area contributed by atoms with Gasteiger partial charge in [0.05, 0.1) is 24.3 Å². The highest BCUT2D eigenvalue weighted by Crippen LogP contribution is 2.13. The van der Waals surface area contributed by atoms with Crippen molar-refractivity contribution in [2.75, 3.05) is 19.7 Å². The molecular weight excluding hydrogens is 252 g/mol. The molecule has 1 aromatic rings. The summed E-state index contributed by atoms with van der Waals surface area (Å²) in [6.45, 7) is 8.23. The third-order valence-corrected chi connectivity index (χ3v) is 3.05. The highest BCUT2D eigenvalue weighted by atomic mass is 16.5. The lowest BCUT2D eigenvalue weighted by molar-refractivity contribution is 0.103. The van der Waals surface area contributed by atoms with E-state index in [9.17, 15) is 5.11 Å². The van der Waals surface area contributed by atoms with Gasteiger partial charge in [-0.2, -0.15) is 5.26 Å². The van der Waals surface area contributed by atoms with Crippen LogP contribution in [0.5, 0.6) is 5.75 Å². The molecule has 0 radical (unpaired) electrons. The average Bonchev–Trinajstić information content (AvgIpc) is 2.41. The standard InChI is InChI=1S/C16H24N2O2/c1-13(2)18(12-14(3)19)8-5-9-20-16-7-4-6-15(10-16)11-17/h4,6-7,10,13-14,19H,5,8-9,12H2,1-3H3. The van der Waals surface area contributed by atoms with Crippen molar-refractivity contribution in [2.24, 2.45) is 0 Å². The van der Waals surface area contributed by atoms with E-state index in [4.69, 9.17) is 10.00 Å². The van der Waals surface area contributed by atoms with Crippen LogP contribution in [0.4, 0.5) is 0 Å². The van der Waals surface area contributed by atoms with Gasteiger partial charge in [-0.05, 0) is 45.4 Å². The van der Waals surface area contributed by atoms with Gasteiger partial charge in [0.25, 0.3) is 0 Å². The minimum Gasteiger partial charge on any atom is -0.494 e. The van der Waals surface area contributed by atoms with Crippen LogP contribution in [0, 0.1) is 11.3 Å². The van der Waals surface area contributed by atoms with Gasteiger partial charge in [-0.25, -0.2) is 0 Å². The van der Waals surface area contributed by atoms with Gasteiger partial charge < -0.3 is 9.84 Å². The molecule has 0 aliphatic rings. The lowest BCUT2D eigenvalue weighted by Crippen LogP contribution is -2.37. The molecule has 1 unspecified atom stereocenters. The number of rotatable bonds is 8. The Morgan fingerprint density at radius 2 is 2.10 bits per heavy atom. The summed E-state index contributed by atoms with van der Waals surface area (Å²) in [5, 5.41) is 18.3. The molecule has 1 rings (SSSR count). The van der Waals surface area contributed by atoms with Gasteiger partial charge in [0, 0.05) is 19.1 Å². The molecule has 20 heavy (non-hydrogen) atoms. The molecule has 0 spiro atoms. The number of nitrogens with zero attached hydrogens (tertiary/aromatic N) is 2. The Balaban J connectivity index is 2.34. The van der Waals surface area contributed by atoms with Crippen molar-refractivity contribution in [3.05, 3.63) is 29.8 Å². The van der Waals surface area contributed by atoms with E-state index in [-0.39, 0.29) is 6.10 Å². The number of nitriles is 1. The van der Waals surface area contributed by atoms with Crippen molar-refractivity contribution in [1.29, 1.82) is 5.26 Å². The van der Waals surface area contributed by atoms with Crippen LogP contribution in [0.1, 0.15) is 32.8 Å². The van der Waals surface area contributed by atoms with Crippen LogP contribution < -0.4 is 4.74 Å². The fourth-order valence-electron chi connectivity index (χ4n) is 2.01. The third kappa shape index (κ3) is 6.05. The first-order chi connectivity index (χ1) is 9.52. The molecule has 0 fully saturated rings. The minimum atomic E-state index is -0.314. The summed E-state index contributed by atoms with van der Waals surface area (Å²) < 4.78 is 5.64. The van der Waals surface area contributed by atoms with E-state index < -0.39 is 0 Å². The van der Waals surface area contributed by atoms with Gasteiger partial charge in [-0.3, -0.25) is 4.90 Å². The predicted molar refractivity (Wildman–Crippen MR) is 79.7 cm³/mol. The van der Waals surface area contributed by atoms with Crippen LogP contribution in [-0.2, 0) is 0 Å². The second kappa shape index (κ2) is 8.57. The summed E-state index contributed by atoms with van der Waals surface area (Å²) in [4.78, 5) is 2.24. The van der Waals surface area contributed by atoms with Gasteiger partial charge in [-0.15, -0.1) is 0 Å². The van der Waals surface area contributed by atoms with Crippen LogP contribution in [-0.4, -0.2) is 41.8 Å². The molecule has 110 valence electrons. The molecule has 4 nitrogen and oxygen atoms in total. The number of hydrogen-bond donors (Lipinski definition) is 1. The number of aliphatic hydroxyl groups is 1. The SMILES string of the molecule is CC(O)CN(CCCOc1cccc(C#N)c1)C(C)C. The lowest BCUT2D eigenvalue weighted by Gasteiger charge is -2.27. The summed E-state index contributed by atoms with van der Waals surface area (Å²) in [5.74, 6) is 0.732. The molecular formula is C16H24N2O2. The van der Waals surface area contributed by atoms with Crippen LogP contribution >= 0.6 is 0 Å². The highest BCUT2D eigenvalue weighted by molar-refractivity contribution is 5.36. The Labute approximate surface area is 121 Å². The Hall–Kier alpha value is -1.57. The molecule has 0 saturated heterocycles. The molecule has 1 atom stereocenters. The van der Waals surface area contributed by atoms with Crippen molar-refractivity contribution in [3.63, 3.8) is 0 Å². The first-order valence-electron chi connectivity index (χ1n) is 7.08. The fourth-order valence-corrected chi connectivity index (χ4v) is 2.01. The summed E-state index contributed by atoms with van der Waals surface area (Å²) in [7, 11) is 0. The van der Waals surface area contributed by atoms with Crippen molar-refractivity contribution in [3.8, 4) is 11.8 Å². The highest BCUT2D eigenvalue weighted by Gasteiger charge is 2.11. The average molecular weight is 276 g/mol. The van der Waals surface area contributed by atoms with Crippen LogP contribution in [0.25, 0.3) is 0 Å². The first kappa shape index (κ1) is 16.5. The second-order valence-electron chi connectivity index (χ2n) is 5.28. The molecule has 4 heteroatoms. The van der Waals surface area contributed by atoms with Gasteiger partial charge >= 0.3 is 0 Å². The molecule has 0 aromatic heterocycles. The summed E-state index contributed by atoms with van der Waals surface area (Å²) in [5.41, 5.74) is 0.611. The maximum atomic E-state index is 9.46. The van der Waals surface area contributed by atoms with E-state index in [1.165, 1.54) is 0 Å². The van der Waals surface area contributed by atoms with Gasteiger partial charge in [-0.1, -0.05) is 6.07 Å². The molecule has 0 bridgehead atoms. The molecule has 0 saturated carbocycles. The smallest absolute Gasteiger partial charge is 0.120 e. The van der Waals surface area contributed by atoms with Gasteiger partial charge in [0.15, 0.2) is 0 Å². The van der Waals surface area contributed by atoms with Crippen LogP contribution in [0.3, 0.4) is 0 Å². The summed E-state index contributed by atoms with van der Waals surface area (Å²) >= 11 is 0. The molecule has 1 N–H and O–H groups in total. The molecule has 0 aliphatic carbocycles. The Kier molecular flexibility index (Phi) is 7.06. The molecule has 0 heterocycles. The molecule has 0 amide bonds. The quantitative estimate of drug-likeness (QED) is 0.741. The van der Waals surface area contributed by atoms with Crippen molar-refractivity contribution < 1.29 is 9.84 Å². The number of ether oxygens (including phenoxy) is 1. The zero-order chi connectivity index (χ0) is 15.0. The number of aliphatic hydroxyl groups excluding tert-OH is 1. The topological polar surface area (TPSA) is 56.5 Å². The monoisotopic (exact) mass is 276 g/mol. The number of benzene rings is 1. The Morgan fingerprint density at radius 1 is 1.35 bits per heavy atom. The summed E-state index contributed by atoms with van der Waals surface area (Å²) in [6.07, 6.45) is 0.576. The normalized spacial score (nSPS) is 12.4. The van der Waals surface area contributed by atoms with Gasteiger partial charge in [0.1, 0.15) is 5.75 Å². The molecule has 1 aromatic carbocycles. The predicted octanol–water partition coefficient (Wildman–Crippen LogP) is 2.42. The van der Waals surface area contributed by atoms with E-state index in [0.717, 1.165) is 18.7 Å². The van der Waals surface area contributed by atoms with E-state index in [0.29, 0.717) is 24.8 Å². The zero-order valence-corrected chi connectivity index (χ0v) is 12.5. The van der Waals surface area contributed by atoms with Crippen LogP contribution in [0.15, 0.2) is 24.3 Å². The molecule has 0 aliphatic heterocycles. The maximum absolute atomic E-state index is 9.46. The first-order valence-corrected chi connectivity index (χ1v) is 7.08. The maximum Gasteiger partial charge on any atom is 0.120 e. The van der Waals surface area contributed by atoms with Gasteiger partial charge in [0.2, 0.25) is 0 Å². The van der Waals surface area contributed by atoms with Crippen molar-refractivity contribution in [2.45, 2.75) is 39.3 Å². The van der Waals surface area contributed by atoms with Crippen molar-refractivity contribution in [1.82, 2.24) is 4.90 Å². The Morgan fingerprint density at radius 3 is 2.70 bits per heavy atom. The Bertz CT molecular complexity index is 438. The fraction of sp³-hybridized carbons (Fsp3) is 0.562. The van der Waals surface area contributed by atoms with E-state index in [1.54, 1.807) is 19.1 Å². The summed E-state index contributed by atoms with van der Waals surface area (Å²) in [6, 6.07) is 9.69. The van der Waals surface area contributed by atoms with Crippen LogP contribution in [0.2, 0.25) is 0 Å². The number of hydrogen-bond acceptors (Lipinski definition) is 4. The van der Waals surface area contributed by atoms with Crippen molar-refractivity contribution >= 4 is 0 Å². The lowest BCUT2D eigenvalue weighted by atomic mass is 10.2. The minimum absolute atomic E-state index is 0.314.